The number of nitrogens with zero attached hydrogens (tertiary/aromatic N) is 2. The monoisotopic (exact) mass is 331 g/mol. The summed E-state index contributed by atoms with van der Waals surface area (Å²) >= 11 is 1.44. The first-order valence-corrected chi connectivity index (χ1v) is 8.71. The summed E-state index contributed by atoms with van der Waals surface area (Å²) in [5.74, 6) is 0.294. The quantitative estimate of drug-likeness (QED) is 0.933. The fraction of sp³-hybridized carbons (Fsp3) is 0.471. The minimum Gasteiger partial charge on any atom is -0.381 e. The van der Waals surface area contributed by atoms with E-state index in [-0.39, 0.29) is 5.91 Å². The summed E-state index contributed by atoms with van der Waals surface area (Å²) in [6.07, 6.45) is 1.36. The molecule has 6 heteroatoms. The van der Waals surface area contributed by atoms with Crippen LogP contribution in [0.25, 0.3) is 0 Å². The van der Waals surface area contributed by atoms with E-state index in [2.05, 4.69) is 29.4 Å². The Kier molecular flexibility index (Phi) is 4.73. The minimum atomic E-state index is -0.552. The third-order valence-corrected chi connectivity index (χ3v) is 5.40. The molecule has 0 unspecified atom stereocenters. The smallest absolute Gasteiger partial charge is 0.237 e. The van der Waals surface area contributed by atoms with E-state index in [1.165, 1.54) is 11.3 Å². The Morgan fingerprint density at radius 2 is 1.91 bits per heavy atom. The van der Waals surface area contributed by atoms with Gasteiger partial charge in [-0.15, -0.1) is 10.2 Å². The average molecular weight is 331 g/mol. The van der Waals surface area contributed by atoms with E-state index in [0.29, 0.717) is 37.1 Å². The Morgan fingerprint density at radius 1 is 1.22 bits per heavy atom. The standard InChI is InChI=1S/C17H21N3O2S/c1-12(2)14-19-20-16(23-14)18-15(21)17(8-10-22-11-9-17)13-6-4-3-5-7-13/h3-7,12H,8-11H2,1-2H3,(H,18,20,21). The summed E-state index contributed by atoms with van der Waals surface area (Å²) in [5.41, 5.74) is 0.484. The van der Waals surface area contributed by atoms with Gasteiger partial charge >= 0.3 is 0 Å². The molecule has 0 aliphatic carbocycles. The second-order valence-corrected chi connectivity index (χ2v) is 7.12. The summed E-state index contributed by atoms with van der Waals surface area (Å²) in [6, 6.07) is 9.95. The van der Waals surface area contributed by atoms with Crippen LogP contribution < -0.4 is 5.32 Å². The summed E-state index contributed by atoms with van der Waals surface area (Å²) in [6.45, 7) is 5.32. The van der Waals surface area contributed by atoms with Crippen LogP contribution in [-0.4, -0.2) is 29.3 Å². The lowest BCUT2D eigenvalue weighted by Crippen LogP contribution is -2.44. The predicted molar refractivity (Wildman–Crippen MR) is 90.8 cm³/mol. The number of nitrogens with one attached hydrogen (secondary N) is 1. The van der Waals surface area contributed by atoms with Crippen LogP contribution in [-0.2, 0) is 14.9 Å². The van der Waals surface area contributed by atoms with Crippen molar-refractivity contribution in [2.24, 2.45) is 0 Å². The molecule has 1 N–H and O–H groups in total. The van der Waals surface area contributed by atoms with Gasteiger partial charge in [-0.25, -0.2) is 0 Å². The molecule has 0 saturated carbocycles. The highest BCUT2D eigenvalue weighted by molar-refractivity contribution is 7.15. The topological polar surface area (TPSA) is 64.1 Å². The largest absolute Gasteiger partial charge is 0.381 e. The molecule has 1 fully saturated rings. The summed E-state index contributed by atoms with van der Waals surface area (Å²) in [7, 11) is 0. The number of carbonyl (C=O) groups is 1. The Labute approximate surface area is 140 Å². The molecular weight excluding hydrogens is 310 g/mol. The maximum absolute atomic E-state index is 13.0. The molecule has 1 aromatic heterocycles. The van der Waals surface area contributed by atoms with Crippen LogP contribution in [0.3, 0.4) is 0 Å². The van der Waals surface area contributed by atoms with E-state index < -0.39 is 5.41 Å². The number of rotatable bonds is 4. The average Bonchev–Trinajstić information content (AvgIpc) is 3.05. The van der Waals surface area contributed by atoms with Crippen LogP contribution in [0.5, 0.6) is 0 Å². The molecule has 1 amide bonds. The second kappa shape index (κ2) is 6.76. The number of aromatic nitrogens is 2. The van der Waals surface area contributed by atoms with Crippen molar-refractivity contribution in [1.82, 2.24) is 10.2 Å². The number of hydrogen-bond acceptors (Lipinski definition) is 5. The predicted octanol–water partition coefficient (Wildman–Crippen LogP) is 3.35. The van der Waals surface area contributed by atoms with Crippen molar-refractivity contribution in [3.8, 4) is 0 Å². The molecule has 5 nitrogen and oxygen atoms in total. The molecule has 3 rings (SSSR count). The van der Waals surface area contributed by atoms with E-state index in [4.69, 9.17) is 4.74 Å². The highest BCUT2D eigenvalue weighted by Crippen LogP contribution is 2.36. The number of anilines is 1. The molecule has 23 heavy (non-hydrogen) atoms. The van der Waals surface area contributed by atoms with E-state index in [0.717, 1.165) is 10.6 Å². The lowest BCUT2D eigenvalue weighted by Gasteiger charge is -2.35. The van der Waals surface area contributed by atoms with Gasteiger partial charge in [-0.3, -0.25) is 10.1 Å². The van der Waals surface area contributed by atoms with Crippen LogP contribution in [0.15, 0.2) is 30.3 Å². The third kappa shape index (κ3) is 3.28. The lowest BCUT2D eigenvalue weighted by molar-refractivity contribution is -0.125. The molecule has 1 saturated heterocycles. The zero-order valence-corrected chi connectivity index (χ0v) is 14.2. The van der Waals surface area contributed by atoms with Gasteiger partial charge in [-0.05, 0) is 18.4 Å². The Bertz CT molecular complexity index is 663. The van der Waals surface area contributed by atoms with E-state index in [1.807, 2.05) is 30.3 Å². The van der Waals surface area contributed by atoms with E-state index in [1.54, 1.807) is 0 Å². The van der Waals surface area contributed by atoms with Gasteiger partial charge in [0.1, 0.15) is 5.01 Å². The van der Waals surface area contributed by atoms with Crippen molar-refractivity contribution in [3.63, 3.8) is 0 Å². The van der Waals surface area contributed by atoms with Gasteiger partial charge in [0.05, 0.1) is 5.41 Å². The van der Waals surface area contributed by atoms with Crippen molar-refractivity contribution in [2.45, 2.75) is 38.0 Å². The molecule has 0 atom stereocenters. The number of ether oxygens (including phenoxy) is 1. The van der Waals surface area contributed by atoms with Crippen molar-refractivity contribution >= 4 is 22.4 Å². The first-order chi connectivity index (χ1) is 11.1. The lowest BCUT2D eigenvalue weighted by atomic mass is 9.73. The molecule has 1 aliphatic heterocycles. The van der Waals surface area contributed by atoms with Gasteiger partial charge in [0, 0.05) is 19.1 Å². The maximum Gasteiger partial charge on any atom is 0.237 e. The van der Waals surface area contributed by atoms with Gasteiger partial charge in [-0.1, -0.05) is 55.5 Å². The molecule has 122 valence electrons. The van der Waals surface area contributed by atoms with Crippen molar-refractivity contribution in [1.29, 1.82) is 0 Å². The van der Waals surface area contributed by atoms with E-state index in [9.17, 15) is 4.79 Å². The molecule has 0 radical (unpaired) electrons. The Morgan fingerprint density at radius 3 is 2.52 bits per heavy atom. The van der Waals surface area contributed by atoms with Gasteiger partial charge in [0.15, 0.2) is 0 Å². The molecule has 0 spiro atoms. The number of hydrogen-bond donors (Lipinski definition) is 1. The zero-order valence-electron chi connectivity index (χ0n) is 13.4. The maximum atomic E-state index is 13.0. The molecule has 1 aliphatic rings. The summed E-state index contributed by atoms with van der Waals surface area (Å²) < 4.78 is 5.48. The van der Waals surface area contributed by atoms with Crippen LogP contribution in [0.4, 0.5) is 5.13 Å². The Hall–Kier alpha value is -1.79. The summed E-state index contributed by atoms with van der Waals surface area (Å²) in [5, 5.41) is 12.7. The second-order valence-electron chi connectivity index (χ2n) is 6.11. The van der Waals surface area contributed by atoms with Crippen molar-refractivity contribution in [3.05, 3.63) is 40.9 Å². The first-order valence-electron chi connectivity index (χ1n) is 7.90. The SMILES string of the molecule is CC(C)c1nnc(NC(=O)C2(c3ccccc3)CCOCC2)s1. The van der Waals surface area contributed by atoms with Crippen LogP contribution in [0.2, 0.25) is 0 Å². The molecule has 2 heterocycles. The molecule has 2 aromatic rings. The highest BCUT2D eigenvalue weighted by Gasteiger charge is 2.42. The number of amides is 1. The Balaban J connectivity index is 1.86. The van der Waals surface area contributed by atoms with Gasteiger partial charge in [0.2, 0.25) is 11.0 Å². The van der Waals surface area contributed by atoms with E-state index >= 15 is 0 Å². The number of carbonyl (C=O) groups excluding carboxylic acids is 1. The normalized spacial score (nSPS) is 17.2. The zero-order chi connectivity index (χ0) is 16.3. The van der Waals surface area contributed by atoms with Crippen molar-refractivity contribution in [2.75, 3.05) is 18.5 Å². The molecular formula is C17H21N3O2S. The van der Waals surface area contributed by atoms with Gasteiger partial charge < -0.3 is 4.74 Å². The first kappa shape index (κ1) is 16.1. The van der Waals surface area contributed by atoms with Gasteiger partial charge in [0.25, 0.3) is 0 Å². The van der Waals surface area contributed by atoms with Crippen molar-refractivity contribution < 1.29 is 9.53 Å². The fourth-order valence-electron chi connectivity index (χ4n) is 2.86. The van der Waals surface area contributed by atoms with Crippen LogP contribution in [0, 0.1) is 0 Å². The summed E-state index contributed by atoms with van der Waals surface area (Å²) in [4.78, 5) is 13.0. The van der Waals surface area contributed by atoms with Gasteiger partial charge in [-0.2, -0.15) is 0 Å². The minimum absolute atomic E-state index is 0.0153. The van der Waals surface area contributed by atoms with Crippen LogP contribution in [0.1, 0.15) is 43.2 Å². The molecule has 0 bridgehead atoms. The number of benzene rings is 1. The highest BCUT2D eigenvalue weighted by atomic mass is 32.1. The van der Waals surface area contributed by atoms with Crippen LogP contribution >= 0.6 is 11.3 Å². The molecule has 1 aromatic carbocycles. The third-order valence-electron chi connectivity index (χ3n) is 4.26. The fourth-order valence-corrected chi connectivity index (χ4v) is 3.60.